The van der Waals surface area contributed by atoms with E-state index in [2.05, 4.69) is 18.8 Å². The minimum Gasteiger partial charge on any atom is -0.312 e. The molecule has 0 spiro atoms. The van der Waals surface area contributed by atoms with Crippen LogP contribution in [0.1, 0.15) is 40.5 Å². The summed E-state index contributed by atoms with van der Waals surface area (Å²) in [5, 5.41) is 3.31. The maximum Gasteiger partial charge on any atom is 0.154 e. The van der Waals surface area contributed by atoms with Crippen LogP contribution in [0, 0.1) is 0 Å². The van der Waals surface area contributed by atoms with Crippen LogP contribution in [0.3, 0.4) is 0 Å². The predicted octanol–water partition coefficient (Wildman–Crippen LogP) is 2.14. The zero-order chi connectivity index (χ0) is 13.0. The second-order valence-corrected chi connectivity index (χ2v) is 7.64. The Bertz CT molecular complexity index is 331. The van der Waals surface area contributed by atoms with Crippen molar-refractivity contribution in [3.05, 3.63) is 12.2 Å². The summed E-state index contributed by atoms with van der Waals surface area (Å²) in [6.07, 6.45) is 2.98. The van der Waals surface area contributed by atoms with E-state index >= 15 is 0 Å². The fourth-order valence-corrected chi connectivity index (χ4v) is 2.17. The first kappa shape index (κ1) is 15.7. The van der Waals surface area contributed by atoms with E-state index in [0.717, 1.165) is 18.5 Å². The van der Waals surface area contributed by atoms with Gasteiger partial charge in [0.1, 0.15) is 0 Å². The topological polar surface area (TPSA) is 46.2 Å². The minimum atomic E-state index is -3.08. The highest BCUT2D eigenvalue weighted by molar-refractivity contribution is 7.92. The van der Waals surface area contributed by atoms with Gasteiger partial charge in [-0.15, -0.1) is 6.58 Å². The Morgan fingerprint density at radius 2 is 1.94 bits per heavy atom. The maximum atomic E-state index is 11.8. The van der Waals surface area contributed by atoms with Crippen LogP contribution in [0.15, 0.2) is 12.2 Å². The van der Waals surface area contributed by atoms with E-state index in [-0.39, 0.29) is 6.04 Å². The molecule has 0 rings (SSSR count). The monoisotopic (exact) mass is 247 g/mol. The van der Waals surface area contributed by atoms with Gasteiger partial charge in [-0.05, 0) is 40.2 Å². The lowest BCUT2D eigenvalue weighted by atomic mass is 9.96. The number of hydrogen-bond acceptors (Lipinski definition) is 3. The highest BCUT2D eigenvalue weighted by Crippen LogP contribution is 2.24. The molecule has 0 aromatic carbocycles. The van der Waals surface area contributed by atoms with Crippen LogP contribution >= 0.6 is 0 Å². The third kappa shape index (κ3) is 4.26. The van der Waals surface area contributed by atoms with Crippen LogP contribution < -0.4 is 5.32 Å². The van der Waals surface area contributed by atoms with E-state index in [1.807, 2.05) is 6.92 Å². The van der Waals surface area contributed by atoms with Gasteiger partial charge in [0.05, 0.1) is 4.75 Å². The van der Waals surface area contributed by atoms with Gasteiger partial charge in [-0.3, -0.25) is 0 Å². The Morgan fingerprint density at radius 1 is 1.44 bits per heavy atom. The minimum absolute atomic E-state index is 0.0695. The van der Waals surface area contributed by atoms with Crippen LogP contribution in [0.25, 0.3) is 0 Å². The summed E-state index contributed by atoms with van der Waals surface area (Å²) in [7, 11) is -3.08. The Kier molecular flexibility index (Phi) is 5.70. The smallest absolute Gasteiger partial charge is 0.154 e. The lowest BCUT2D eigenvalue weighted by Gasteiger charge is -2.33. The first-order valence-corrected chi connectivity index (χ1v) is 7.59. The zero-order valence-corrected chi connectivity index (χ0v) is 11.9. The summed E-state index contributed by atoms with van der Waals surface area (Å²) in [6, 6.07) is -0.0695. The summed E-state index contributed by atoms with van der Waals surface area (Å²) in [4.78, 5) is 0. The Labute approximate surface area is 100 Å². The third-order valence-electron chi connectivity index (χ3n) is 2.99. The zero-order valence-electron chi connectivity index (χ0n) is 11.1. The average molecular weight is 247 g/mol. The van der Waals surface area contributed by atoms with Gasteiger partial charge in [-0.25, -0.2) is 8.42 Å². The molecule has 0 heterocycles. The van der Waals surface area contributed by atoms with Crippen molar-refractivity contribution in [2.24, 2.45) is 0 Å². The van der Waals surface area contributed by atoms with Gasteiger partial charge in [0.15, 0.2) is 9.84 Å². The van der Waals surface area contributed by atoms with Crippen molar-refractivity contribution in [3.63, 3.8) is 0 Å². The van der Waals surface area contributed by atoms with Crippen molar-refractivity contribution in [2.75, 3.05) is 12.8 Å². The molecule has 0 aromatic rings. The highest BCUT2D eigenvalue weighted by Gasteiger charge is 2.38. The molecule has 96 valence electrons. The van der Waals surface area contributed by atoms with Crippen molar-refractivity contribution in [1.29, 1.82) is 0 Å². The van der Waals surface area contributed by atoms with Gasteiger partial charge >= 0.3 is 0 Å². The van der Waals surface area contributed by atoms with Crippen LogP contribution in [0.4, 0.5) is 0 Å². The molecule has 0 amide bonds. The molecule has 0 aliphatic rings. The molecule has 0 saturated carbocycles. The van der Waals surface area contributed by atoms with E-state index in [9.17, 15) is 8.42 Å². The maximum absolute atomic E-state index is 11.8. The molecule has 1 N–H and O–H groups in total. The predicted molar refractivity (Wildman–Crippen MR) is 70.4 cm³/mol. The van der Waals surface area contributed by atoms with Crippen LogP contribution in [0.2, 0.25) is 0 Å². The van der Waals surface area contributed by atoms with Crippen LogP contribution in [-0.4, -0.2) is 32.0 Å². The molecule has 4 heteroatoms. The summed E-state index contributed by atoms with van der Waals surface area (Å²) < 4.78 is 22.8. The van der Waals surface area contributed by atoms with Gasteiger partial charge in [-0.2, -0.15) is 0 Å². The molecule has 3 nitrogen and oxygen atoms in total. The molecule has 0 bridgehead atoms. The molecule has 0 aromatic heterocycles. The van der Waals surface area contributed by atoms with E-state index < -0.39 is 14.6 Å². The third-order valence-corrected chi connectivity index (χ3v) is 5.18. The van der Waals surface area contributed by atoms with Gasteiger partial charge < -0.3 is 5.32 Å². The molecular formula is C12H25NO2S. The molecule has 0 fully saturated rings. The first-order chi connectivity index (χ1) is 7.13. The van der Waals surface area contributed by atoms with E-state index in [1.165, 1.54) is 6.26 Å². The summed E-state index contributed by atoms with van der Waals surface area (Å²) >= 11 is 0. The van der Waals surface area contributed by atoms with Crippen molar-refractivity contribution in [3.8, 4) is 0 Å². The van der Waals surface area contributed by atoms with Gasteiger partial charge in [0, 0.05) is 12.3 Å². The van der Waals surface area contributed by atoms with E-state index in [0.29, 0.717) is 6.42 Å². The molecule has 0 saturated heterocycles. The normalized spacial score (nSPS) is 14.8. The molecule has 16 heavy (non-hydrogen) atoms. The fourth-order valence-electron chi connectivity index (χ4n) is 1.49. The van der Waals surface area contributed by atoms with Crippen molar-refractivity contribution < 1.29 is 8.42 Å². The number of nitrogens with one attached hydrogen (secondary N) is 1. The second kappa shape index (κ2) is 5.82. The van der Waals surface area contributed by atoms with Crippen LogP contribution in [-0.2, 0) is 9.84 Å². The van der Waals surface area contributed by atoms with Gasteiger partial charge in [0.25, 0.3) is 0 Å². The van der Waals surface area contributed by atoms with E-state index in [4.69, 9.17) is 0 Å². The Balaban J connectivity index is 4.93. The second-order valence-electron chi connectivity index (χ2n) is 5.04. The standard InChI is InChI=1S/C12H25NO2S/c1-7-8-13-11(9-10(2)3)12(4,5)16(6,14)15/h11,13H,2,7-9H2,1,3-6H3. The van der Waals surface area contributed by atoms with Crippen molar-refractivity contribution >= 4 is 9.84 Å². The Hall–Kier alpha value is -0.350. The summed E-state index contributed by atoms with van der Waals surface area (Å²) in [5.41, 5.74) is 1.00. The fraction of sp³-hybridized carbons (Fsp3) is 0.833. The lowest BCUT2D eigenvalue weighted by molar-refractivity contribution is 0.405. The van der Waals surface area contributed by atoms with Crippen molar-refractivity contribution in [1.82, 2.24) is 5.32 Å². The first-order valence-electron chi connectivity index (χ1n) is 5.70. The number of rotatable bonds is 7. The SMILES string of the molecule is C=C(C)CC(NCCC)C(C)(C)S(C)(=O)=O. The lowest BCUT2D eigenvalue weighted by Crippen LogP contribution is -2.51. The molecule has 1 unspecified atom stereocenters. The molecule has 0 aliphatic heterocycles. The van der Waals surface area contributed by atoms with Crippen molar-refractivity contribution in [2.45, 2.75) is 51.3 Å². The molecule has 0 radical (unpaired) electrons. The van der Waals surface area contributed by atoms with Crippen LogP contribution in [0.5, 0.6) is 0 Å². The Morgan fingerprint density at radius 3 is 2.25 bits per heavy atom. The average Bonchev–Trinajstić information content (AvgIpc) is 2.09. The summed E-state index contributed by atoms with van der Waals surface area (Å²) in [6.45, 7) is 12.2. The largest absolute Gasteiger partial charge is 0.312 e. The quantitative estimate of drug-likeness (QED) is 0.701. The van der Waals surface area contributed by atoms with Gasteiger partial charge in [-0.1, -0.05) is 12.5 Å². The van der Waals surface area contributed by atoms with E-state index in [1.54, 1.807) is 13.8 Å². The van der Waals surface area contributed by atoms with Gasteiger partial charge in [0.2, 0.25) is 0 Å². The number of hydrogen-bond donors (Lipinski definition) is 1. The molecule has 0 aliphatic carbocycles. The highest BCUT2D eigenvalue weighted by atomic mass is 32.2. The molecule has 1 atom stereocenters. The number of sulfone groups is 1. The molecular weight excluding hydrogens is 222 g/mol. The summed E-state index contributed by atoms with van der Waals surface area (Å²) in [5.74, 6) is 0.